The molecule has 0 spiro atoms. The van der Waals surface area contributed by atoms with Crippen molar-refractivity contribution in [3.8, 4) is 0 Å². The lowest BCUT2D eigenvalue weighted by Crippen LogP contribution is -2.44. The lowest BCUT2D eigenvalue weighted by Gasteiger charge is -2.33. The standard InChI is InChI=1S/C23H23BrN2O3/c24-16-9-7-8-15(14-16)20-19-21(29-26(20)18-12-5-2-6-13-18)23(28)25(22(19)27)17-10-3-1-4-11-17/h2,5-9,12-14,17,19-21H,1,3-4,10-11H2. The molecule has 2 aliphatic heterocycles. The molecule has 2 aromatic carbocycles. The quantitative estimate of drug-likeness (QED) is 0.634. The Morgan fingerprint density at radius 2 is 1.66 bits per heavy atom. The number of fused-ring (bicyclic) bond motifs is 1. The molecule has 2 heterocycles. The van der Waals surface area contributed by atoms with Crippen molar-refractivity contribution in [3.63, 3.8) is 0 Å². The van der Waals surface area contributed by atoms with Gasteiger partial charge in [-0.1, -0.05) is 65.5 Å². The minimum absolute atomic E-state index is 0.0197. The molecule has 2 amide bonds. The van der Waals surface area contributed by atoms with Gasteiger partial charge >= 0.3 is 0 Å². The third-order valence-electron chi connectivity index (χ3n) is 6.29. The molecule has 2 aromatic rings. The molecular formula is C23H23BrN2O3. The van der Waals surface area contributed by atoms with Crippen LogP contribution < -0.4 is 5.06 Å². The van der Waals surface area contributed by atoms with E-state index in [1.165, 1.54) is 11.3 Å². The Morgan fingerprint density at radius 3 is 2.38 bits per heavy atom. The van der Waals surface area contributed by atoms with Crippen LogP contribution in [0.3, 0.4) is 0 Å². The Hall–Kier alpha value is -2.18. The van der Waals surface area contributed by atoms with Gasteiger partial charge in [0.1, 0.15) is 5.92 Å². The number of amides is 2. The van der Waals surface area contributed by atoms with E-state index >= 15 is 0 Å². The maximum absolute atomic E-state index is 13.5. The van der Waals surface area contributed by atoms with E-state index in [2.05, 4.69) is 15.9 Å². The van der Waals surface area contributed by atoms with Crippen molar-refractivity contribution < 1.29 is 14.4 Å². The molecule has 0 N–H and O–H groups in total. The number of anilines is 1. The third kappa shape index (κ3) is 3.19. The largest absolute Gasteiger partial charge is 0.277 e. The van der Waals surface area contributed by atoms with Gasteiger partial charge in [-0.05, 0) is 42.7 Å². The van der Waals surface area contributed by atoms with Crippen LogP contribution in [0.1, 0.15) is 43.7 Å². The SMILES string of the molecule is O=C1C2ON(c3ccccc3)C(c3cccc(Br)c3)C2C(=O)N1C1CCCCC1. The maximum atomic E-state index is 13.5. The highest BCUT2D eigenvalue weighted by atomic mass is 79.9. The summed E-state index contributed by atoms with van der Waals surface area (Å²) in [4.78, 5) is 34.5. The van der Waals surface area contributed by atoms with Gasteiger partial charge in [0.2, 0.25) is 5.91 Å². The Labute approximate surface area is 178 Å². The number of nitrogens with zero attached hydrogens (tertiary/aromatic N) is 2. The monoisotopic (exact) mass is 454 g/mol. The van der Waals surface area contributed by atoms with Crippen molar-refractivity contribution in [2.45, 2.75) is 50.3 Å². The second-order valence-corrected chi connectivity index (χ2v) is 8.97. The van der Waals surface area contributed by atoms with Crippen LogP contribution in [0.4, 0.5) is 5.69 Å². The van der Waals surface area contributed by atoms with Crippen LogP contribution in [0, 0.1) is 5.92 Å². The molecule has 2 saturated heterocycles. The predicted octanol–water partition coefficient (Wildman–Crippen LogP) is 4.63. The van der Waals surface area contributed by atoms with Crippen molar-refractivity contribution in [1.29, 1.82) is 0 Å². The molecule has 29 heavy (non-hydrogen) atoms. The van der Waals surface area contributed by atoms with Gasteiger partial charge < -0.3 is 0 Å². The molecule has 5 nitrogen and oxygen atoms in total. The highest BCUT2D eigenvalue weighted by Gasteiger charge is 2.61. The van der Waals surface area contributed by atoms with Crippen molar-refractivity contribution in [2.75, 3.05) is 5.06 Å². The summed E-state index contributed by atoms with van der Waals surface area (Å²) in [6.07, 6.45) is 4.38. The molecule has 3 atom stereocenters. The molecule has 0 aromatic heterocycles. The smallest absolute Gasteiger partial charge is 0.262 e. The lowest BCUT2D eigenvalue weighted by atomic mass is 9.90. The van der Waals surface area contributed by atoms with Crippen LogP contribution >= 0.6 is 15.9 Å². The topological polar surface area (TPSA) is 49.9 Å². The second-order valence-electron chi connectivity index (χ2n) is 8.05. The van der Waals surface area contributed by atoms with Gasteiger partial charge in [0.25, 0.3) is 5.91 Å². The van der Waals surface area contributed by atoms with E-state index in [-0.39, 0.29) is 23.9 Å². The van der Waals surface area contributed by atoms with Gasteiger partial charge in [0.05, 0.1) is 11.7 Å². The van der Waals surface area contributed by atoms with E-state index in [1.54, 1.807) is 5.06 Å². The first-order chi connectivity index (χ1) is 14.1. The number of hydrogen-bond donors (Lipinski definition) is 0. The number of halogens is 1. The second kappa shape index (κ2) is 7.58. The summed E-state index contributed by atoms with van der Waals surface area (Å²) in [5, 5.41) is 1.76. The number of likely N-dealkylation sites (tertiary alicyclic amines) is 1. The first-order valence-electron chi connectivity index (χ1n) is 10.3. The molecule has 0 bridgehead atoms. The van der Waals surface area contributed by atoms with Crippen molar-refractivity contribution in [2.24, 2.45) is 5.92 Å². The fourth-order valence-corrected chi connectivity index (χ4v) is 5.38. The highest BCUT2D eigenvalue weighted by Crippen LogP contribution is 2.48. The summed E-state index contributed by atoms with van der Waals surface area (Å²) in [6, 6.07) is 17.3. The predicted molar refractivity (Wildman–Crippen MR) is 113 cm³/mol. The number of hydrogen-bond acceptors (Lipinski definition) is 4. The number of rotatable bonds is 3. The molecule has 3 aliphatic rings. The number of carbonyl (C=O) groups excluding carboxylic acids is 2. The van der Waals surface area contributed by atoms with Crippen LogP contribution in [0.2, 0.25) is 0 Å². The van der Waals surface area contributed by atoms with E-state index in [1.807, 2.05) is 54.6 Å². The number of benzene rings is 2. The zero-order valence-corrected chi connectivity index (χ0v) is 17.6. The van der Waals surface area contributed by atoms with E-state index in [4.69, 9.17) is 4.84 Å². The Morgan fingerprint density at radius 1 is 0.897 bits per heavy atom. The lowest BCUT2D eigenvalue weighted by molar-refractivity contribution is -0.146. The fourth-order valence-electron chi connectivity index (χ4n) is 4.96. The van der Waals surface area contributed by atoms with E-state index in [9.17, 15) is 9.59 Å². The number of para-hydroxylation sites is 1. The summed E-state index contributed by atoms with van der Waals surface area (Å²) in [5.74, 6) is -0.792. The first-order valence-corrected chi connectivity index (χ1v) is 11.1. The molecule has 1 aliphatic carbocycles. The van der Waals surface area contributed by atoms with E-state index in [0.717, 1.165) is 41.4 Å². The number of imide groups is 1. The van der Waals surface area contributed by atoms with Gasteiger partial charge in [0.15, 0.2) is 6.10 Å². The minimum Gasteiger partial charge on any atom is -0.277 e. The Balaban J connectivity index is 1.55. The molecule has 3 unspecified atom stereocenters. The summed E-state index contributed by atoms with van der Waals surface area (Å²) in [7, 11) is 0. The van der Waals surface area contributed by atoms with Gasteiger partial charge in [-0.2, -0.15) is 0 Å². The van der Waals surface area contributed by atoms with Gasteiger partial charge in [-0.25, -0.2) is 5.06 Å². The zero-order chi connectivity index (χ0) is 20.0. The van der Waals surface area contributed by atoms with Crippen LogP contribution in [0.15, 0.2) is 59.1 Å². The Kier molecular flexibility index (Phi) is 4.92. The van der Waals surface area contributed by atoms with Crippen molar-refractivity contribution in [1.82, 2.24) is 4.90 Å². The summed E-state index contributed by atoms with van der Waals surface area (Å²) in [6.45, 7) is 0. The van der Waals surface area contributed by atoms with Gasteiger partial charge in [-0.15, -0.1) is 0 Å². The summed E-state index contributed by atoms with van der Waals surface area (Å²) < 4.78 is 0.937. The van der Waals surface area contributed by atoms with Crippen LogP contribution in [0.25, 0.3) is 0 Å². The molecule has 1 saturated carbocycles. The molecule has 6 heteroatoms. The molecule has 0 radical (unpaired) electrons. The average molecular weight is 455 g/mol. The van der Waals surface area contributed by atoms with Crippen molar-refractivity contribution >= 4 is 33.4 Å². The maximum Gasteiger partial charge on any atom is 0.262 e. The van der Waals surface area contributed by atoms with Gasteiger partial charge in [-0.3, -0.25) is 19.3 Å². The summed E-state index contributed by atoms with van der Waals surface area (Å²) in [5.41, 5.74) is 1.80. The molecule has 3 fully saturated rings. The number of carbonyl (C=O) groups is 2. The number of hydroxylamine groups is 1. The zero-order valence-electron chi connectivity index (χ0n) is 16.0. The van der Waals surface area contributed by atoms with Crippen LogP contribution in [0.5, 0.6) is 0 Å². The van der Waals surface area contributed by atoms with E-state index < -0.39 is 12.0 Å². The Bertz CT molecular complexity index is 929. The molecule has 5 rings (SSSR count). The van der Waals surface area contributed by atoms with Crippen LogP contribution in [-0.4, -0.2) is 28.9 Å². The van der Waals surface area contributed by atoms with Gasteiger partial charge in [0, 0.05) is 10.5 Å². The molecular weight excluding hydrogens is 432 g/mol. The normalized spacial score (nSPS) is 27.6. The first kappa shape index (κ1) is 18.8. The van der Waals surface area contributed by atoms with E-state index in [0.29, 0.717) is 0 Å². The van der Waals surface area contributed by atoms with Crippen LogP contribution in [-0.2, 0) is 14.4 Å². The van der Waals surface area contributed by atoms with Crippen molar-refractivity contribution in [3.05, 3.63) is 64.6 Å². The minimum atomic E-state index is -0.756. The molecule has 150 valence electrons. The fraction of sp³-hybridized carbons (Fsp3) is 0.391. The summed E-state index contributed by atoms with van der Waals surface area (Å²) >= 11 is 3.54. The highest BCUT2D eigenvalue weighted by molar-refractivity contribution is 9.10. The third-order valence-corrected chi connectivity index (χ3v) is 6.78. The average Bonchev–Trinajstić information content (AvgIpc) is 3.26.